The molecule has 4 heteroatoms. The lowest BCUT2D eigenvalue weighted by Gasteiger charge is -2.18. The van der Waals surface area contributed by atoms with Crippen LogP contribution in [-0.2, 0) is 0 Å². The van der Waals surface area contributed by atoms with Gasteiger partial charge in [-0.25, -0.2) is 0 Å². The number of ether oxygens (including phenoxy) is 2. The number of rotatable bonds is 8. The van der Waals surface area contributed by atoms with E-state index in [-0.39, 0.29) is 5.78 Å². The summed E-state index contributed by atoms with van der Waals surface area (Å²) in [5.74, 6) is 1.55. The summed E-state index contributed by atoms with van der Waals surface area (Å²) in [6.45, 7) is 8.58. The molecule has 142 valence electrons. The first-order valence-corrected chi connectivity index (χ1v) is 9.63. The Balaban J connectivity index is 1.56. The van der Waals surface area contributed by atoms with E-state index in [1.807, 2.05) is 48.5 Å². The van der Waals surface area contributed by atoms with Gasteiger partial charge in [0.15, 0.2) is 5.78 Å². The molecule has 0 N–H and O–H groups in total. The average molecular weight is 365 g/mol. The van der Waals surface area contributed by atoms with Crippen LogP contribution in [0.15, 0.2) is 54.1 Å². The van der Waals surface area contributed by atoms with Gasteiger partial charge in [0, 0.05) is 12.1 Å². The molecule has 0 spiro atoms. The maximum Gasteiger partial charge on any atom is 0.196 e. The molecule has 1 aliphatic rings. The van der Waals surface area contributed by atoms with Gasteiger partial charge in [-0.1, -0.05) is 38.1 Å². The Labute approximate surface area is 161 Å². The van der Waals surface area contributed by atoms with E-state index >= 15 is 0 Å². The number of hydrogen-bond donors (Lipinski definition) is 0. The van der Waals surface area contributed by atoms with Crippen molar-refractivity contribution < 1.29 is 14.3 Å². The predicted octanol–water partition coefficient (Wildman–Crippen LogP) is 4.46. The van der Waals surface area contributed by atoms with Gasteiger partial charge in [-0.2, -0.15) is 0 Å². The fraction of sp³-hybridized carbons (Fsp3) is 0.348. The highest BCUT2D eigenvalue weighted by Crippen LogP contribution is 2.27. The van der Waals surface area contributed by atoms with Crippen molar-refractivity contribution in [2.45, 2.75) is 20.3 Å². The largest absolute Gasteiger partial charge is 0.494 e. The van der Waals surface area contributed by atoms with Crippen molar-refractivity contribution in [2.24, 2.45) is 0 Å². The molecule has 1 heterocycles. The molecule has 0 atom stereocenters. The Morgan fingerprint density at radius 2 is 1.81 bits per heavy atom. The molecule has 0 fully saturated rings. The number of fused-ring (bicyclic) bond motifs is 1. The van der Waals surface area contributed by atoms with E-state index in [0.717, 1.165) is 37.4 Å². The molecule has 3 rings (SSSR count). The van der Waals surface area contributed by atoms with Crippen molar-refractivity contribution in [1.29, 1.82) is 0 Å². The van der Waals surface area contributed by atoms with E-state index in [2.05, 4.69) is 18.7 Å². The van der Waals surface area contributed by atoms with Crippen LogP contribution >= 0.6 is 0 Å². The van der Waals surface area contributed by atoms with Gasteiger partial charge in [0.1, 0.15) is 18.1 Å². The van der Waals surface area contributed by atoms with Gasteiger partial charge < -0.3 is 14.4 Å². The molecular formula is C23H27NO3. The highest BCUT2D eigenvalue weighted by atomic mass is 16.5. The van der Waals surface area contributed by atoms with Gasteiger partial charge in [-0.3, -0.25) is 4.79 Å². The average Bonchev–Trinajstić information content (AvgIpc) is 2.71. The summed E-state index contributed by atoms with van der Waals surface area (Å²) in [5.41, 5.74) is 2.27. The van der Waals surface area contributed by atoms with Crippen LogP contribution in [0.1, 0.15) is 36.2 Å². The molecule has 4 nitrogen and oxygen atoms in total. The fourth-order valence-corrected chi connectivity index (χ4v) is 3.16. The highest BCUT2D eigenvalue weighted by molar-refractivity contribution is 6.14. The monoisotopic (exact) mass is 365 g/mol. The van der Waals surface area contributed by atoms with Crippen molar-refractivity contribution >= 4 is 11.9 Å². The highest BCUT2D eigenvalue weighted by Gasteiger charge is 2.22. The minimum absolute atomic E-state index is 0.0357. The van der Waals surface area contributed by atoms with Crippen molar-refractivity contribution in [3.05, 3.63) is 65.2 Å². The third-order valence-corrected chi connectivity index (χ3v) is 4.81. The molecule has 0 bridgehead atoms. The number of benzene rings is 2. The minimum atomic E-state index is 0.0357. The summed E-state index contributed by atoms with van der Waals surface area (Å²) in [6.07, 6.45) is 2.90. The number of hydrogen-bond acceptors (Lipinski definition) is 4. The third kappa shape index (κ3) is 4.98. The summed E-state index contributed by atoms with van der Waals surface area (Å²) in [4.78, 5) is 15.0. The van der Waals surface area contributed by atoms with Gasteiger partial charge in [0.05, 0.1) is 12.2 Å². The molecule has 2 aromatic carbocycles. The summed E-state index contributed by atoms with van der Waals surface area (Å²) in [5, 5.41) is 0. The molecule has 0 aliphatic carbocycles. The summed E-state index contributed by atoms with van der Waals surface area (Å²) in [7, 11) is 0. The third-order valence-electron chi connectivity index (χ3n) is 4.81. The molecule has 1 aliphatic heterocycles. The van der Waals surface area contributed by atoms with Crippen LogP contribution in [-0.4, -0.2) is 43.5 Å². The van der Waals surface area contributed by atoms with Crippen molar-refractivity contribution in [2.75, 3.05) is 32.8 Å². The summed E-state index contributed by atoms with van der Waals surface area (Å²) in [6, 6.07) is 15.2. The second-order valence-corrected chi connectivity index (χ2v) is 6.58. The lowest BCUT2D eigenvalue weighted by Crippen LogP contribution is -2.25. The number of Topliss-reactive ketones (excluding diaryl/α,β-unsaturated/α-hetero) is 1. The number of carbonyl (C=O) groups excluding carboxylic acids is 1. The molecule has 27 heavy (non-hydrogen) atoms. The van der Waals surface area contributed by atoms with Gasteiger partial charge >= 0.3 is 0 Å². The molecule has 0 aromatic heterocycles. The van der Waals surface area contributed by atoms with Crippen molar-refractivity contribution in [3.8, 4) is 11.5 Å². The van der Waals surface area contributed by atoms with Crippen molar-refractivity contribution in [1.82, 2.24) is 4.90 Å². The van der Waals surface area contributed by atoms with Gasteiger partial charge in [-0.15, -0.1) is 0 Å². The Hall–Kier alpha value is -2.59. The van der Waals surface area contributed by atoms with Crippen molar-refractivity contribution in [3.63, 3.8) is 0 Å². The first kappa shape index (κ1) is 19.2. The Kier molecular flexibility index (Phi) is 6.66. The van der Waals surface area contributed by atoms with Crippen LogP contribution in [0.25, 0.3) is 6.08 Å². The van der Waals surface area contributed by atoms with E-state index in [4.69, 9.17) is 9.47 Å². The predicted molar refractivity (Wildman–Crippen MR) is 109 cm³/mol. The number of carbonyl (C=O) groups is 1. The van der Waals surface area contributed by atoms with E-state index < -0.39 is 0 Å². The maximum atomic E-state index is 12.6. The topological polar surface area (TPSA) is 38.8 Å². The minimum Gasteiger partial charge on any atom is -0.494 e. The first-order chi connectivity index (χ1) is 13.2. The maximum absolute atomic E-state index is 12.6. The fourth-order valence-electron chi connectivity index (χ4n) is 3.16. The van der Waals surface area contributed by atoms with Crippen LogP contribution in [0, 0.1) is 0 Å². The standard InChI is InChI=1S/C23H27NO3/c1-3-24(4-2)14-7-15-26-20-12-10-18(11-13-20)16-19-17-27-22-9-6-5-8-21(22)23(19)25/h5-6,8-13,16H,3-4,7,14-15,17H2,1-2H3/b19-16+. The van der Waals surface area contributed by atoms with Crippen LogP contribution < -0.4 is 9.47 Å². The Morgan fingerprint density at radius 1 is 1.07 bits per heavy atom. The van der Waals surface area contributed by atoms with Crippen LogP contribution in [0.4, 0.5) is 0 Å². The number of para-hydroxylation sites is 1. The first-order valence-electron chi connectivity index (χ1n) is 9.63. The second-order valence-electron chi connectivity index (χ2n) is 6.58. The zero-order chi connectivity index (χ0) is 19.1. The molecule has 0 saturated heterocycles. The number of ketones is 1. The second kappa shape index (κ2) is 9.38. The molecule has 0 saturated carbocycles. The Morgan fingerprint density at radius 3 is 2.56 bits per heavy atom. The zero-order valence-electron chi connectivity index (χ0n) is 16.1. The van der Waals surface area contributed by atoms with Gasteiger partial charge in [0.25, 0.3) is 0 Å². The molecule has 2 aromatic rings. The van der Waals surface area contributed by atoms with E-state index in [0.29, 0.717) is 30.1 Å². The molecule has 0 radical (unpaired) electrons. The normalized spacial score (nSPS) is 14.9. The van der Waals surface area contributed by atoms with E-state index in [9.17, 15) is 4.79 Å². The van der Waals surface area contributed by atoms with Gasteiger partial charge in [0.2, 0.25) is 0 Å². The smallest absolute Gasteiger partial charge is 0.196 e. The lowest BCUT2D eigenvalue weighted by atomic mass is 9.98. The van der Waals surface area contributed by atoms with Gasteiger partial charge in [-0.05, 0) is 55.4 Å². The molecule has 0 amide bonds. The molecule has 0 unspecified atom stereocenters. The zero-order valence-corrected chi connectivity index (χ0v) is 16.1. The Bertz CT molecular complexity index is 792. The molecular weight excluding hydrogens is 338 g/mol. The van der Waals surface area contributed by atoms with Crippen LogP contribution in [0.5, 0.6) is 11.5 Å². The van der Waals surface area contributed by atoms with E-state index in [1.165, 1.54) is 0 Å². The van der Waals surface area contributed by atoms with Crippen LogP contribution in [0.3, 0.4) is 0 Å². The van der Waals surface area contributed by atoms with Crippen LogP contribution in [0.2, 0.25) is 0 Å². The summed E-state index contributed by atoms with van der Waals surface area (Å²) >= 11 is 0. The number of nitrogens with zero attached hydrogens (tertiary/aromatic N) is 1. The summed E-state index contributed by atoms with van der Waals surface area (Å²) < 4.78 is 11.5. The van der Waals surface area contributed by atoms with E-state index in [1.54, 1.807) is 6.07 Å². The quantitative estimate of drug-likeness (QED) is 0.511. The lowest BCUT2D eigenvalue weighted by molar-refractivity contribution is 0.100. The SMILES string of the molecule is CCN(CC)CCCOc1ccc(/C=C2\COc3ccccc3C2=O)cc1.